The van der Waals surface area contributed by atoms with Crippen molar-refractivity contribution in [3.05, 3.63) is 65.2 Å². The van der Waals surface area contributed by atoms with E-state index < -0.39 is 11.8 Å². The van der Waals surface area contributed by atoms with E-state index >= 15 is 0 Å². The number of rotatable bonds is 5. The van der Waals surface area contributed by atoms with Crippen LogP contribution in [0, 0.1) is 13.8 Å². The molecule has 1 aliphatic heterocycles. The van der Waals surface area contributed by atoms with Gasteiger partial charge in [0.15, 0.2) is 0 Å². The Balaban J connectivity index is 1.37. The van der Waals surface area contributed by atoms with E-state index in [4.69, 9.17) is 0 Å². The number of aryl methyl sites for hydroxylation is 2. The Morgan fingerprint density at radius 3 is 2.30 bits per heavy atom. The molecular weight excluding hydrogens is 380 g/mol. The topological polar surface area (TPSA) is 82.9 Å². The van der Waals surface area contributed by atoms with E-state index in [0.717, 1.165) is 36.3 Å². The van der Waals surface area contributed by atoms with E-state index in [-0.39, 0.29) is 5.91 Å². The zero-order chi connectivity index (χ0) is 21.5. The number of quaternary nitrogens is 1. The number of carbonyl (C=O) groups excluding carboxylic acids is 3. The lowest BCUT2D eigenvalue weighted by molar-refractivity contribution is -0.902. The lowest BCUT2D eigenvalue weighted by atomic mass is 10.1. The monoisotopic (exact) mass is 409 g/mol. The smallest absolute Gasteiger partial charge is 0.313 e. The summed E-state index contributed by atoms with van der Waals surface area (Å²) in [6.07, 6.45) is 0. The van der Waals surface area contributed by atoms with Gasteiger partial charge in [0.05, 0.1) is 39.3 Å². The molecule has 7 heteroatoms. The van der Waals surface area contributed by atoms with E-state index in [9.17, 15) is 14.4 Å². The molecule has 0 aromatic heterocycles. The molecule has 0 unspecified atom stereocenters. The first-order valence-electron chi connectivity index (χ1n) is 10.3. The van der Waals surface area contributed by atoms with Gasteiger partial charge in [-0.1, -0.05) is 35.4 Å². The van der Waals surface area contributed by atoms with Crippen molar-refractivity contribution in [2.45, 2.75) is 13.8 Å². The van der Waals surface area contributed by atoms with Crippen molar-refractivity contribution < 1.29 is 19.3 Å². The minimum absolute atomic E-state index is 0.0684. The highest BCUT2D eigenvalue weighted by atomic mass is 16.2. The summed E-state index contributed by atoms with van der Waals surface area (Å²) in [6, 6.07) is 14.9. The number of nitrogens with one attached hydrogen (secondary N) is 3. The van der Waals surface area contributed by atoms with Crippen LogP contribution in [0.5, 0.6) is 0 Å². The van der Waals surface area contributed by atoms with Crippen molar-refractivity contribution in [3.8, 4) is 0 Å². The number of benzene rings is 2. The van der Waals surface area contributed by atoms with Gasteiger partial charge in [-0.3, -0.25) is 14.4 Å². The van der Waals surface area contributed by atoms with Crippen LogP contribution >= 0.6 is 0 Å². The van der Waals surface area contributed by atoms with Crippen molar-refractivity contribution in [2.75, 3.05) is 44.6 Å². The molecule has 0 saturated carbocycles. The Kier molecular flexibility index (Phi) is 7.19. The van der Waals surface area contributed by atoms with Crippen molar-refractivity contribution in [1.82, 2.24) is 10.2 Å². The van der Waals surface area contributed by atoms with Crippen molar-refractivity contribution >= 4 is 23.4 Å². The van der Waals surface area contributed by atoms with Gasteiger partial charge in [0.2, 0.25) is 0 Å². The molecule has 0 bridgehead atoms. The Morgan fingerprint density at radius 2 is 1.63 bits per heavy atom. The number of carbonyl (C=O) groups is 3. The summed E-state index contributed by atoms with van der Waals surface area (Å²) in [5.41, 5.74) is 3.49. The second-order valence-electron chi connectivity index (χ2n) is 7.74. The zero-order valence-corrected chi connectivity index (χ0v) is 17.5. The van der Waals surface area contributed by atoms with Crippen LogP contribution in [0.25, 0.3) is 0 Å². The fraction of sp³-hybridized carbons (Fsp3) is 0.348. The third kappa shape index (κ3) is 5.90. The highest BCUT2D eigenvalue weighted by molar-refractivity contribution is 6.39. The number of hydrogen-bond acceptors (Lipinski definition) is 3. The Labute approximate surface area is 177 Å². The highest BCUT2D eigenvalue weighted by Crippen LogP contribution is 2.09. The summed E-state index contributed by atoms with van der Waals surface area (Å²) in [4.78, 5) is 39.8. The van der Waals surface area contributed by atoms with Gasteiger partial charge in [-0.15, -0.1) is 0 Å². The minimum Gasteiger partial charge on any atom is -0.342 e. The maximum absolute atomic E-state index is 12.6. The lowest BCUT2D eigenvalue weighted by Gasteiger charge is -2.32. The molecule has 2 aromatic rings. The normalized spacial score (nSPS) is 14.3. The van der Waals surface area contributed by atoms with Crippen LogP contribution in [0.15, 0.2) is 48.5 Å². The SMILES string of the molecule is Cc1ccc(NC(=O)C(=O)NCC[NH+]2CCN(C(=O)c3cccc(C)c3)CC2)cc1. The number of piperazine rings is 1. The number of hydrogen-bond donors (Lipinski definition) is 3. The standard InChI is InChI=1S/C23H28N4O3/c1-17-6-8-20(9-7-17)25-22(29)21(28)24-10-11-26-12-14-27(15-13-26)23(30)19-5-3-4-18(2)16-19/h3-9,16H,10-15H2,1-2H3,(H,24,28)(H,25,29)/p+1. The van der Waals surface area contributed by atoms with Crippen molar-refractivity contribution in [1.29, 1.82) is 0 Å². The minimum atomic E-state index is -0.664. The molecule has 3 amide bonds. The molecule has 1 fully saturated rings. The van der Waals surface area contributed by atoms with Crippen LogP contribution in [0.3, 0.4) is 0 Å². The largest absolute Gasteiger partial charge is 0.342 e. The van der Waals surface area contributed by atoms with Gasteiger partial charge in [-0.2, -0.15) is 0 Å². The number of nitrogens with zero attached hydrogens (tertiary/aromatic N) is 1. The molecule has 0 atom stereocenters. The zero-order valence-electron chi connectivity index (χ0n) is 17.5. The van der Waals surface area contributed by atoms with Crippen LogP contribution in [-0.4, -0.2) is 61.9 Å². The maximum Gasteiger partial charge on any atom is 0.313 e. The van der Waals surface area contributed by atoms with Gasteiger partial charge in [0.25, 0.3) is 5.91 Å². The average molecular weight is 410 g/mol. The average Bonchev–Trinajstić information content (AvgIpc) is 2.75. The van der Waals surface area contributed by atoms with Gasteiger partial charge in [-0.05, 0) is 38.1 Å². The molecule has 158 valence electrons. The summed E-state index contributed by atoms with van der Waals surface area (Å²) in [5, 5.41) is 5.27. The molecule has 0 radical (unpaired) electrons. The van der Waals surface area contributed by atoms with E-state index in [0.29, 0.717) is 25.3 Å². The quantitative estimate of drug-likeness (QED) is 0.625. The first kappa shape index (κ1) is 21.5. The first-order chi connectivity index (χ1) is 14.4. The number of amides is 3. The van der Waals surface area contributed by atoms with Crippen LogP contribution < -0.4 is 15.5 Å². The van der Waals surface area contributed by atoms with Gasteiger partial charge in [0.1, 0.15) is 0 Å². The molecular formula is C23H29N4O3+. The van der Waals surface area contributed by atoms with Crippen LogP contribution in [0.4, 0.5) is 5.69 Å². The molecule has 0 spiro atoms. The lowest BCUT2D eigenvalue weighted by Crippen LogP contribution is -3.15. The van der Waals surface area contributed by atoms with E-state index in [2.05, 4.69) is 10.6 Å². The molecule has 7 nitrogen and oxygen atoms in total. The first-order valence-corrected chi connectivity index (χ1v) is 10.3. The molecule has 3 rings (SSSR count). The Morgan fingerprint density at radius 1 is 0.933 bits per heavy atom. The van der Waals surface area contributed by atoms with Crippen molar-refractivity contribution in [3.63, 3.8) is 0 Å². The summed E-state index contributed by atoms with van der Waals surface area (Å²) < 4.78 is 0. The molecule has 1 saturated heterocycles. The van der Waals surface area contributed by atoms with Crippen LogP contribution in [0.1, 0.15) is 21.5 Å². The molecule has 3 N–H and O–H groups in total. The van der Waals surface area contributed by atoms with Crippen LogP contribution in [-0.2, 0) is 9.59 Å². The second kappa shape index (κ2) is 10.0. The second-order valence-corrected chi connectivity index (χ2v) is 7.74. The molecule has 1 aliphatic rings. The summed E-state index contributed by atoms with van der Waals surface area (Å²) >= 11 is 0. The highest BCUT2D eigenvalue weighted by Gasteiger charge is 2.24. The summed E-state index contributed by atoms with van der Waals surface area (Å²) in [7, 11) is 0. The fourth-order valence-electron chi connectivity index (χ4n) is 3.49. The van der Waals surface area contributed by atoms with E-state index in [1.807, 2.05) is 55.1 Å². The predicted molar refractivity (Wildman–Crippen MR) is 115 cm³/mol. The van der Waals surface area contributed by atoms with Gasteiger partial charge in [0, 0.05) is 11.3 Å². The maximum atomic E-state index is 12.6. The van der Waals surface area contributed by atoms with E-state index in [1.165, 1.54) is 4.90 Å². The van der Waals surface area contributed by atoms with Gasteiger partial charge >= 0.3 is 11.8 Å². The third-order valence-electron chi connectivity index (χ3n) is 5.30. The molecule has 2 aromatic carbocycles. The Hall–Kier alpha value is -3.19. The molecule has 0 aliphatic carbocycles. The summed E-state index contributed by atoms with van der Waals surface area (Å²) in [5.74, 6) is -1.23. The third-order valence-corrected chi connectivity index (χ3v) is 5.30. The van der Waals surface area contributed by atoms with Crippen molar-refractivity contribution in [2.24, 2.45) is 0 Å². The Bertz CT molecular complexity index is 903. The number of anilines is 1. The predicted octanol–water partition coefficient (Wildman–Crippen LogP) is 0.399. The fourth-order valence-corrected chi connectivity index (χ4v) is 3.49. The molecule has 30 heavy (non-hydrogen) atoms. The van der Waals surface area contributed by atoms with Crippen LogP contribution in [0.2, 0.25) is 0 Å². The summed E-state index contributed by atoms with van der Waals surface area (Å²) in [6.45, 7) is 8.09. The van der Waals surface area contributed by atoms with E-state index in [1.54, 1.807) is 12.1 Å². The van der Waals surface area contributed by atoms with Gasteiger partial charge in [-0.25, -0.2) is 0 Å². The molecule has 1 heterocycles. The van der Waals surface area contributed by atoms with Gasteiger partial charge < -0.3 is 20.4 Å².